The summed E-state index contributed by atoms with van der Waals surface area (Å²) in [6.07, 6.45) is 2.12. The maximum Gasteiger partial charge on any atom is 0.246 e. The van der Waals surface area contributed by atoms with Crippen LogP contribution in [0.4, 0.5) is 11.4 Å². The molecule has 2 N–H and O–H groups in total. The van der Waals surface area contributed by atoms with Crippen LogP contribution in [0.1, 0.15) is 25.5 Å². The molecule has 0 saturated heterocycles. The number of thioether (sulfide) groups is 1. The first kappa shape index (κ1) is 15.2. The van der Waals surface area contributed by atoms with Gasteiger partial charge in [0, 0.05) is 35.8 Å². The number of nitrogens with zero attached hydrogens (tertiary/aromatic N) is 1. The number of nitrogens with one attached hydrogen (secondary N) is 2. The van der Waals surface area contributed by atoms with Gasteiger partial charge in [0.2, 0.25) is 5.91 Å². The highest BCUT2D eigenvalue weighted by Gasteiger charge is 2.30. The van der Waals surface area contributed by atoms with E-state index in [1.165, 1.54) is 0 Å². The van der Waals surface area contributed by atoms with E-state index >= 15 is 0 Å². The average Bonchev–Trinajstić information content (AvgIpc) is 2.74. The first-order valence-corrected chi connectivity index (χ1v) is 8.37. The van der Waals surface area contributed by atoms with Crippen molar-refractivity contribution in [3.8, 4) is 0 Å². The summed E-state index contributed by atoms with van der Waals surface area (Å²) in [6.45, 7) is 5.01. The molecule has 20 heavy (non-hydrogen) atoms. The summed E-state index contributed by atoms with van der Waals surface area (Å²) in [5.41, 5.74) is 3.12. The monoisotopic (exact) mass is 293 g/mol. The number of carbonyl (C=O) groups is 1. The fourth-order valence-corrected chi connectivity index (χ4v) is 3.19. The molecular formula is C15H23N3OS. The van der Waals surface area contributed by atoms with E-state index in [4.69, 9.17) is 0 Å². The van der Waals surface area contributed by atoms with Crippen LogP contribution in [-0.2, 0) is 4.79 Å². The minimum atomic E-state index is -0.210. The summed E-state index contributed by atoms with van der Waals surface area (Å²) in [6, 6.07) is 6.47. The van der Waals surface area contributed by atoms with Crippen LogP contribution in [0.25, 0.3) is 0 Å². The Morgan fingerprint density at radius 2 is 2.25 bits per heavy atom. The Kier molecular flexibility index (Phi) is 4.94. The second-order valence-corrected chi connectivity index (χ2v) is 6.08. The van der Waals surface area contributed by atoms with E-state index in [-0.39, 0.29) is 11.9 Å². The summed E-state index contributed by atoms with van der Waals surface area (Å²) in [7, 11) is 2.10. The lowest BCUT2D eigenvalue weighted by Gasteiger charge is -2.27. The Labute approximate surface area is 125 Å². The van der Waals surface area contributed by atoms with Crippen molar-refractivity contribution in [2.45, 2.75) is 25.9 Å². The number of rotatable bonds is 6. The lowest BCUT2D eigenvalue weighted by molar-refractivity contribution is -0.117. The highest BCUT2D eigenvalue weighted by molar-refractivity contribution is 7.98. The number of hydrogen-bond acceptors (Lipinski definition) is 4. The van der Waals surface area contributed by atoms with Gasteiger partial charge < -0.3 is 15.5 Å². The van der Waals surface area contributed by atoms with Crippen molar-refractivity contribution >= 4 is 29.0 Å². The highest BCUT2D eigenvalue weighted by Crippen LogP contribution is 2.34. The van der Waals surface area contributed by atoms with E-state index in [0.717, 1.165) is 29.2 Å². The molecule has 1 aliphatic heterocycles. The molecule has 0 spiro atoms. The number of fused-ring (bicyclic) bond motifs is 1. The van der Waals surface area contributed by atoms with E-state index < -0.39 is 0 Å². The van der Waals surface area contributed by atoms with Gasteiger partial charge in [-0.25, -0.2) is 0 Å². The van der Waals surface area contributed by atoms with Crippen molar-refractivity contribution in [2.24, 2.45) is 0 Å². The largest absolute Gasteiger partial charge is 0.371 e. The van der Waals surface area contributed by atoms with Crippen LogP contribution in [0.2, 0.25) is 0 Å². The highest BCUT2D eigenvalue weighted by atomic mass is 32.2. The lowest BCUT2D eigenvalue weighted by atomic mass is 10.1. The molecule has 2 rings (SSSR count). The lowest BCUT2D eigenvalue weighted by Crippen LogP contribution is -2.30. The van der Waals surface area contributed by atoms with Crippen molar-refractivity contribution in [3.63, 3.8) is 0 Å². The predicted molar refractivity (Wildman–Crippen MR) is 87.7 cm³/mol. The summed E-state index contributed by atoms with van der Waals surface area (Å²) >= 11 is 1.84. The molecule has 1 aromatic rings. The summed E-state index contributed by atoms with van der Waals surface area (Å²) in [4.78, 5) is 14.2. The first-order valence-electron chi connectivity index (χ1n) is 6.98. The fraction of sp³-hybridized carbons (Fsp3) is 0.533. The van der Waals surface area contributed by atoms with Crippen molar-refractivity contribution in [1.29, 1.82) is 0 Å². The van der Waals surface area contributed by atoms with Gasteiger partial charge in [0.15, 0.2) is 0 Å². The number of anilines is 2. The third kappa shape index (κ3) is 2.94. The van der Waals surface area contributed by atoms with Crippen LogP contribution in [0.5, 0.6) is 0 Å². The molecule has 0 saturated carbocycles. The standard InChI is InChI=1S/C15H23N3OS/c1-5-16-14-12-7-6-11(8-13(12)17-15(14)19)18(3)10(2)9-20-4/h6-8,10,14,16H,5,9H2,1-4H3,(H,17,19). The summed E-state index contributed by atoms with van der Waals surface area (Å²) in [5, 5.41) is 6.18. The van der Waals surface area contributed by atoms with Crippen LogP contribution in [-0.4, -0.2) is 37.6 Å². The molecule has 0 radical (unpaired) electrons. The molecular weight excluding hydrogens is 270 g/mol. The third-order valence-corrected chi connectivity index (χ3v) is 4.57. The number of hydrogen-bond donors (Lipinski definition) is 2. The Hall–Kier alpha value is -1.20. The summed E-state index contributed by atoms with van der Waals surface area (Å²) < 4.78 is 0. The van der Waals surface area contributed by atoms with Crippen molar-refractivity contribution in [1.82, 2.24) is 5.32 Å². The minimum absolute atomic E-state index is 0.0406. The van der Waals surface area contributed by atoms with E-state index in [9.17, 15) is 4.79 Å². The minimum Gasteiger partial charge on any atom is -0.371 e. The molecule has 4 nitrogen and oxygen atoms in total. The third-order valence-electron chi connectivity index (χ3n) is 3.75. The number of benzene rings is 1. The zero-order valence-corrected chi connectivity index (χ0v) is 13.4. The van der Waals surface area contributed by atoms with Gasteiger partial charge in [-0.1, -0.05) is 13.0 Å². The Morgan fingerprint density at radius 1 is 1.50 bits per heavy atom. The average molecular weight is 293 g/mol. The maximum absolute atomic E-state index is 11.9. The van der Waals surface area contributed by atoms with E-state index in [0.29, 0.717) is 6.04 Å². The SMILES string of the molecule is CCNC1C(=O)Nc2cc(N(C)C(C)CSC)ccc21. The molecule has 5 heteroatoms. The molecule has 1 aliphatic rings. The quantitative estimate of drug-likeness (QED) is 0.846. The molecule has 1 aromatic carbocycles. The number of carbonyl (C=O) groups excluding carboxylic acids is 1. The van der Waals surface area contributed by atoms with Crippen LogP contribution in [0, 0.1) is 0 Å². The first-order chi connectivity index (χ1) is 9.58. The van der Waals surface area contributed by atoms with Gasteiger partial charge in [0.05, 0.1) is 0 Å². The van der Waals surface area contributed by atoms with Gasteiger partial charge in [-0.2, -0.15) is 11.8 Å². The Balaban J connectivity index is 2.21. The van der Waals surface area contributed by atoms with E-state index in [2.05, 4.69) is 54.0 Å². The van der Waals surface area contributed by atoms with Gasteiger partial charge in [-0.3, -0.25) is 4.79 Å². The molecule has 110 valence electrons. The molecule has 0 fully saturated rings. The zero-order valence-electron chi connectivity index (χ0n) is 12.6. The molecule has 0 aliphatic carbocycles. The smallest absolute Gasteiger partial charge is 0.246 e. The second kappa shape index (κ2) is 6.50. The Morgan fingerprint density at radius 3 is 2.90 bits per heavy atom. The van der Waals surface area contributed by atoms with E-state index in [1.54, 1.807) is 0 Å². The van der Waals surface area contributed by atoms with Crippen LogP contribution in [0.3, 0.4) is 0 Å². The number of amides is 1. The van der Waals surface area contributed by atoms with Gasteiger partial charge >= 0.3 is 0 Å². The molecule has 1 heterocycles. The molecule has 0 aromatic heterocycles. The van der Waals surface area contributed by atoms with Crippen LogP contribution < -0.4 is 15.5 Å². The second-order valence-electron chi connectivity index (χ2n) is 5.17. The topological polar surface area (TPSA) is 44.4 Å². The normalized spacial score (nSPS) is 18.6. The van der Waals surface area contributed by atoms with Crippen molar-refractivity contribution < 1.29 is 4.79 Å². The molecule has 2 atom stereocenters. The fourth-order valence-electron chi connectivity index (χ4n) is 2.48. The van der Waals surface area contributed by atoms with Crippen LogP contribution >= 0.6 is 11.8 Å². The van der Waals surface area contributed by atoms with Gasteiger partial charge in [-0.05, 0) is 31.9 Å². The summed E-state index contributed by atoms with van der Waals surface area (Å²) in [5.74, 6) is 1.12. The van der Waals surface area contributed by atoms with Crippen molar-refractivity contribution in [2.75, 3.05) is 35.8 Å². The van der Waals surface area contributed by atoms with Gasteiger partial charge in [0.1, 0.15) is 6.04 Å². The maximum atomic E-state index is 11.9. The Bertz CT molecular complexity index is 492. The van der Waals surface area contributed by atoms with Crippen LogP contribution in [0.15, 0.2) is 18.2 Å². The van der Waals surface area contributed by atoms with Crippen molar-refractivity contribution in [3.05, 3.63) is 23.8 Å². The number of likely N-dealkylation sites (N-methyl/N-ethyl adjacent to an activating group) is 1. The molecule has 0 bridgehead atoms. The van der Waals surface area contributed by atoms with Gasteiger partial charge in [0.25, 0.3) is 0 Å². The van der Waals surface area contributed by atoms with E-state index in [1.807, 2.05) is 18.7 Å². The molecule has 1 amide bonds. The van der Waals surface area contributed by atoms with Gasteiger partial charge in [-0.15, -0.1) is 0 Å². The predicted octanol–water partition coefficient (Wildman–Crippen LogP) is 2.48. The zero-order chi connectivity index (χ0) is 14.7. The molecule has 2 unspecified atom stereocenters.